The molecule has 0 amide bonds. The Hall–Kier alpha value is -1.35. The number of alkyl halides is 1. The standard InChI is InChI=1S/C13H16FNO/c1-9(15-3)13(2,14)11-4-5-12-10(8-11)6-7-16-12/h4-9,15H,1-3H3. The van der Waals surface area contributed by atoms with E-state index in [-0.39, 0.29) is 6.04 Å². The van der Waals surface area contributed by atoms with Crippen LogP contribution in [0.4, 0.5) is 4.39 Å². The summed E-state index contributed by atoms with van der Waals surface area (Å²) in [6.45, 7) is 3.43. The van der Waals surface area contributed by atoms with Crippen LogP contribution in [-0.4, -0.2) is 13.1 Å². The molecular formula is C13H16FNO. The van der Waals surface area contributed by atoms with Crippen molar-refractivity contribution in [1.29, 1.82) is 0 Å². The maximum Gasteiger partial charge on any atom is 0.148 e. The minimum absolute atomic E-state index is 0.239. The average molecular weight is 221 g/mol. The van der Waals surface area contributed by atoms with Crippen LogP contribution in [0.3, 0.4) is 0 Å². The van der Waals surface area contributed by atoms with Crippen LogP contribution >= 0.6 is 0 Å². The van der Waals surface area contributed by atoms with Crippen molar-refractivity contribution >= 4 is 11.0 Å². The second kappa shape index (κ2) is 3.91. The molecule has 0 aliphatic carbocycles. The predicted octanol–water partition coefficient (Wildman–Crippen LogP) is 3.23. The van der Waals surface area contributed by atoms with Crippen molar-refractivity contribution < 1.29 is 8.81 Å². The van der Waals surface area contributed by atoms with Gasteiger partial charge in [0.2, 0.25) is 0 Å². The molecule has 2 nitrogen and oxygen atoms in total. The smallest absolute Gasteiger partial charge is 0.148 e. The summed E-state index contributed by atoms with van der Waals surface area (Å²) in [7, 11) is 1.76. The zero-order chi connectivity index (χ0) is 11.8. The summed E-state index contributed by atoms with van der Waals surface area (Å²) in [4.78, 5) is 0. The fourth-order valence-electron chi connectivity index (χ4n) is 1.79. The normalized spacial score (nSPS) is 17.2. The highest BCUT2D eigenvalue weighted by atomic mass is 19.1. The van der Waals surface area contributed by atoms with Crippen LogP contribution in [0.25, 0.3) is 11.0 Å². The van der Waals surface area contributed by atoms with Gasteiger partial charge in [0.1, 0.15) is 11.3 Å². The Kier molecular flexibility index (Phi) is 2.72. The summed E-state index contributed by atoms with van der Waals surface area (Å²) in [5.41, 5.74) is 0.0696. The van der Waals surface area contributed by atoms with Crippen LogP contribution in [0, 0.1) is 0 Å². The van der Waals surface area contributed by atoms with Crippen molar-refractivity contribution in [3.63, 3.8) is 0 Å². The Morgan fingerprint density at radius 2 is 2.12 bits per heavy atom. The van der Waals surface area contributed by atoms with E-state index in [0.29, 0.717) is 5.56 Å². The molecule has 0 aliphatic heterocycles. The van der Waals surface area contributed by atoms with Crippen LogP contribution in [0.5, 0.6) is 0 Å². The zero-order valence-electron chi connectivity index (χ0n) is 9.75. The lowest BCUT2D eigenvalue weighted by molar-refractivity contribution is 0.140. The topological polar surface area (TPSA) is 25.2 Å². The molecule has 0 aliphatic rings. The van der Waals surface area contributed by atoms with Crippen molar-refractivity contribution in [3.8, 4) is 0 Å². The maximum absolute atomic E-state index is 14.6. The van der Waals surface area contributed by atoms with E-state index in [9.17, 15) is 4.39 Å². The molecule has 0 saturated heterocycles. The Morgan fingerprint density at radius 3 is 2.81 bits per heavy atom. The first-order valence-corrected chi connectivity index (χ1v) is 5.39. The van der Waals surface area contributed by atoms with Gasteiger partial charge in [0.05, 0.1) is 6.26 Å². The number of furan rings is 1. The Labute approximate surface area is 94.4 Å². The number of benzene rings is 1. The first kappa shape index (κ1) is 11.1. The number of rotatable bonds is 3. The van der Waals surface area contributed by atoms with Gasteiger partial charge in [0.15, 0.2) is 0 Å². The van der Waals surface area contributed by atoms with Gasteiger partial charge in [-0.05, 0) is 44.7 Å². The molecule has 86 valence electrons. The molecule has 1 aromatic heterocycles. The third-order valence-electron chi connectivity index (χ3n) is 3.26. The molecule has 16 heavy (non-hydrogen) atoms. The van der Waals surface area contributed by atoms with E-state index < -0.39 is 5.67 Å². The molecule has 0 fully saturated rings. The van der Waals surface area contributed by atoms with Gasteiger partial charge < -0.3 is 9.73 Å². The van der Waals surface area contributed by atoms with Gasteiger partial charge in [-0.2, -0.15) is 0 Å². The number of hydrogen-bond donors (Lipinski definition) is 1. The van der Waals surface area contributed by atoms with Crippen LogP contribution in [0.15, 0.2) is 34.9 Å². The largest absolute Gasteiger partial charge is 0.464 e. The third-order valence-corrected chi connectivity index (χ3v) is 3.26. The molecule has 2 rings (SSSR count). The Morgan fingerprint density at radius 1 is 1.38 bits per heavy atom. The lowest BCUT2D eigenvalue weighted by Crippen LogP contribution is -2.39. The van der Waals surface area contributed by atoms with Crippen LogP contribution < -0.4 is 5.32 Å². The van der Waals surface area contributed by atoms with Crippen molar-refractivity contribution in [2.45, 2.75) is 25.6 Å². The molecule has 1 aromatic carbocycles. The van der Waals surface area contributed by atoms with Gasteiger partial charge in [0.25, 0.3) is 0 Å². The first-order chi connectivity index (χ1) is 7.55. The minimum Gasteiger partial charge on any atom is -0.464 e. The molecule has 1 heterocycles. The SMILES string of the molecule is CNC(C)C(C)(F)c1ccc2occc2c1. The molecule has 0 bridgehead atoms. The Bertz CT molecular complexity index is 489. The summed E-state index contributed by atoms with van der Waals surface area (Å²) in [6, 6.07) is 7.03. The van der Waals surface area contributed by atoms with Gasteiger partial charge in [-0.15, -0.1) is 0 Å². The number of nitrogens with one attached hydrogen (secondary N) is 1. The quantitative estimate of drug-likeness (QED) is 0.860. The molecule has 0 saturated carbocycles. The molecule has 0 radical (unpaired) electrons. The summed E-state index contributed by atoms with van der Waals surface area (Å²) >= 11 is 0. The van der Waals surface area contributed by atoms with Crippen molar-refractivity contribution in [1.82, 2.24) is 5.32 Å². The summed E-state index contributed by atoms with van der Waals surface area (Å²) in [5.74, 6) is 0. The molecule has 1 N–H and O–H groups in total. The van der Waals surface area contributed by atoms with Crippen LogP contribution in [0.1, 0.15) is 19.4 Å². The van der Waals surface area contributed by atoms with Crippen molar-refractivity contribution in [2.24, 2.45) is 0 Å². The minimum atomic E-state index is -1.39. The summed E-state index contributed by atoms with van der Waals surface area (Å²) in [6.07, 6.45) is 1.62. The monoisotopic (exact) mass is 221 g/mol. The van der Waals surface area contributed by atoms with Crippen molar-refractivity contribution in [2.75, 3.05) is 7.05 Å². The lowest BCUT2D eigenvalue weighted by atomic mass is 9.90. The summed E-state index contributed by atoms with van der Waals surface area (Å²) < 4.78 is 19.8. The highest BCUT2D eigenvalue weighted by Gasteiger charge is 2.32. The van der Waals surface area contributed by atoms with E-state index in [0.717, 1.165) is 11.0 Å². The number of fused-ring (bicyclic) bond motifs is 1. The van der Waals surface area contributed by atoms with Gasteiger partial charge in [-0.3, -0.25) is 0 Å². The third kappa shape index (κ3) is 1.71. The maximum atomic E-state index is 14.6. The second-order valence-corrected chi connectivity index (χ2v) is 4.26. The molecule has 2 atom stereocenters. The zero-order valence-corrected chi connectivity index (χ0v) is 9.75. The van der Waals surface area contributed by atoms with E-state index in [1.165, 1.54) is 0 Å². The van der Waals surface area contributed by atoms with E-state index in [2.05, 4.69) is 5.32 Å². The number of halogens is 1. The van der Waals surface area contributed by atoms with Gasteiger partial charge in [-0.25, -0.2) is 4.39 Å². The van der Waals surface area contributed by atoms with Crippen LogP contribution in [-0.2, 0) is 5.67 Å². The molecule has 3 heteroatoms. The molecular weight excluding hydrogens is 205 g/mol. The highest BCUT2D eigenvalue weighted by Crippen LogP contribution is 2.31. The van der Waals surface area contributed by atoms with Gasteiger partial charge in [-0.1, -0.05) is 6.07 Å². The van der Waals surface area contributed by atoms with E-state index >= 15 is 0 Å². The Balaban J connectivity index is 2.45. The van der Waals surface area contributed by atoms with E-state index in [4.69, 9.17) is 4.42 Å². The molecule has 0 spiro atoms. The number of hydrogen-bond acceptors (Lipinski definition) is 2. The summed E-state index contributed by atoms with van der Waals surface area (Å²) in [5, 5.41) is 3.88. The van der Waals surface area contributed by atoms with Crippen LogP contribution in [0.2, 0.25) is 0 Å². The second-order valence-electron chi connectivity index (χ2n) is 4.26. The number of likely N-dealkylation sites (N-methyl/N-ethyl adjacent to an activating group) is 1. The predicted molar refractivity (Wildman–Crippen MR) is 63.2 cm³/mol. The van der Waals surface area contributed by atoms with Crippen molar-refractivity contribution in [3.05, 3.63) is 36.1 Å². The fraction of sp³-hybridized carbons (Fsp3) is 0.385. The average Bonchev–Trinajstić information content (AvgIpc) is 2.74. The highest BCUT2D eigenvalue weighted by molar-refractivity contribution is 5.78. The molecule has 2 aromatic rings. The first-order valence-electron chi connectivity index (χ1n) is 5.39. The van der Waals surface area contributed by atoms with E-state index in [1.807, 2.05) is 25.1 Å². The van der Waals surface area contributed by atoms with Gasteiger partial charge >= 0.3 is 0 Å². The molecule has 2 unspecified atom stereocenters. The fourth-order valence-corrected chi connectivity index (χ4v) is 1.79. The van der Waals surface area contributed by atoms with E-state index in [1.54, 1.807) is 26.3 Å². The lowest BCUT2D eigenvalue weighted by Gasteiger charge is -2.27. The van der Waals surface area contributed by atoms with Gasteiger partial charge in [0, 0.05) is 11.4 Å².